The van der Waals surface area contributed by atoms with E-state index in [0.717, 1.165) is 17.4 Å². The Morgan fingerprint density at radius 2 is 2.26 bits per heavy atom. The minimum atomic E-state index is -0.910. The Labute approximate surface area is 140 Å². The van der Waals surface area contributed by atoms with Gasteiger partial charge in [-0.05, 0) is 25.0 Å². The first kappa shape index (κ1) is 17.1. The molecule has 19 heavy (non-hydrogen) atoms. The molecule has 2 rings (SSSR count). The van der Waals surface area contributed by atoms with Crippen molar-refractivity contribution >= 4 is 12.6 Å². The van der Waals surface area contributed by atoms with Crippen molar-refractivity contribution in [2.75, 3.05) is 13.6 Å². The third-order valence-corrected chi connectivity index (χ3v) is 3.24. The Balaban J connectivity index is 0.00000180. The second kappa shape index (κ2) is 7.75. The third kappa shape index (κ3) is 3.79. The summed E-state index contributed by atoms with van der Waals surface area (Å²) in [7, 11) is 0.833. The van der Waals surface area contributed by atoms with E-state index in [0.29, 0.717) is 12.3 Å². The first-order chi connectivity index (χ1) is 8.67. The van der Waals surface area contributed by atoms with E-state index in [1.807, 2.05) is 25.1 Å². The van der Waals surface area contributed by atoms with Gasteiger partial charge in [0.05, 0.1) is 6.10 Å². The first-order valence-corrected chi connectivity index (χ1v) is 6.36. The van der Waals surface area contributed by atoms with Crippen molar-refractivity contribution in [3.63, 3.8) is 0 Å². The van der Waals surface area contributed by atoms with Gasteiger partial charge in [0.25, 0.3) is 0 Å². The van der Waals surface area contributed by atoms with E-state index in [1.165, 1.54) is 0 Å². The summed E-state index contributed by atoms with van der Waals surface area (Å²) in [6.45, 7) is 4.64. The molecule has 2 atom stereocenters. The molecule has 2 unspecified atom stereocenters. The second-order valence-electron chi connectivity index (χ2n) is 4.57. The van der Waals surface area contributed by atoms with Gasteiger partial charge in [0, 0.05) is 44.3 Å². The largest absolute Gasteiger partial charge is 0.663 e. The molecule has 1 N–H and O–H groups in total. The van der Waals surface area contributed by atoms with Crippen molar-refractivity contribution in [3.05, 3.63) is 29.1 Å². The fourth-order valence-electron chi connectivity index (χ4n) is 2.11. The maximum absolute atomic E-state index is 10.0. The smallest absolute Gasteiger partial charge is 0.495 e. The van der Waals surface area contributed by atoms with E-state index in [-0.39, 0.29) is 44.9 Å². The Morgan fingerprint density at radius 1 is 1.53 bits per heavy atom. The fraction of sp³-hybridized carbons (Fsp3) is 0.538. The summed E-state index contributed by atoms with van der Waals surface area (Å²) in [6.07, 6.45) is 0.882. The first-order valence-electron chi connectivity index (χ1n) is 6.36. The zero-order valence-corrected chi connectivity index (χ0v) is 14.5. The summed E-state index contributed by atoms with van der Waals surface area (Å²) in [5.74, 6) is 0.716. The number of hydrogen-bond donors (Lipinski definition) is 1. The standard InChI is InChI=1S/C13H19BNO3.Y/c1-4-9(2)17-11-7-5-6-10-12(8-15-3)18-14(16)13(10)11;/h5-7,9,12,16H,4,8H2,1-3H3;/q-1;. The van der Waals surface area contributed by atoms with Gasteiger partial charge < -0.3 is 19.7 Å². The Bertz CT molecular complexity index is 419. The van der Waals surface area contributed by atoms with Gasteiger partial charge in [-0.25, -0.2) is 0 Å². The second-order valence-corrected chi connectivity index (χ2v) is 4.57. The Hall–Kier alpha value is 0.0688. The van der Waals surface area contributed by atoms with Crippen LogP contribution in [0.3, 0.4) is 0 Å². The van der Waals surface area contributed by atoms with Crippen molar-refractivity contribution in [2.24, 2.45) is 0 Å². The maximum Gasteiger partial charge on any atom is 0.495 e. The zero-order valence-electron chi connectivity index (χ0n) is 11.7. The molecule has 1 aliphatic rings. The van der Waals surface area contributed by atoms with Crippen LogP contribution in [-0.4, -0.2) is 31.8 Å². The van der Waals surface area contributed by atoms with Crippen molar-refractivity contribution in [1.82, 2.24) is 0 Å². The van der Waals surface area contributed by atoms with Gasteiger partial charge in [0.1, 0.15) is 5.75 Å². The molecule has 1 aromatic carbocycles. The van der Waals surface area contributed by atoms with Crippen LogP contribution in [0.2, 0.25) is 0 Å². The maximum atomic E-state index is 10.0. The summed E-state index contributed by atoms with van der Waals surface area (Å²) in [6, 6.07) is 5.77. The van der Waals surface area contributed by atoms with E-state index in [2.05, 4.69) is 12.2 Å². The van der Waals surface area contributed by atoms with Crippen LogP contribution in [0.25, 0.3) is 5.32 Å². The molecule has 0 amide bonds. The van der Waals surface area contributed by atoms with Gasteiger partial charge in [-0.1, -0.05) is 19.1 Å². The predicted octanol–water partition coefficient (Wildman–Crippen LogP) is 1.62. The van der Waals surface area contributed by atoms with E-state index in [4.69, 9.17) is 9.39 Å². The van der Waals surface area contributed by atoms with Crippen molar-refractivity contribution in [1.29, 1.82) is 0 Å². The molecule has 6 heteroatoms. The number of hydrogen-bond acceptors (Lipinski definition) is 3. The van der Waals surface area contributed by atoms with Crippen LogP contribution in [0, 0.1) is 0 Å². The molecule has 0 bridgehead atoms. The minimum absolute atomic E-state index is 0. The molecule has 0 fully saturated rings. The average Bonchev–Trinajstić information content (AvgIpc) is 2.68. The molecule has 0 aromatic heterocycles. The van der Waals surface area contributed by atoms with Crippen LogP contribution in [0.15, 0.2) is 18.2 Å². The van der Waals surface area contributed by atoms with Crippen LogP contribution < -0.4 is 10.2 Å². The number of rotatable bonds is 5. The minimum Gasteiger partial charge on any atom is -0.663 e. The molecule has 1 aromatic rings. The Morgan fingerprint density at radius 3 is 2.89 bits per heavy atom. The van der Waals surface area contributed by atoms with Crippen LogP contribution in [0.5, 0.6) is 5.75 Å². The van der Waals surface area contributed by atoms with Gasteiger partial charge in [-0.15, -0.1) is 6.54 Å². The third-order valence-electron chi connectivity index (χ3n) is 3.24. The van der Waals surface area contributed by atoms with E-state index in [9.17, 15) is 5.02 Å². The zero-order chi connectivity index (χ0) is 13.1. The van der Waals surface area contributed by atoms with Crippen LogP contribution in [-0.2, 0) is 37.4 Å². The van der Waals surface area contributed by atoms with Gasteiger partial charge in [0.2, 0.25) is 0 Å². The van der Waals surface area contributed by atoms with Gasteiger partial charge >= 0.3 is 7.12 Å². The van der Waals surface area contributed by atoms with Gasteiger partial charge in [-0.3, -0.25) is 0 Å². The van der Waals surface area contributed by atoms with Crippen LogP contribution >= 0.6 is 0 Å². The molecule has 101 valence electrons. The number of likely N-dealkylation sites (N-methyl/N-ethyl adjacent to an activating group) is 1. The topological polar surface area (TPSA) is 52.8 Å². The molecular formula is C13H19BNO3Y-. The normalized spacial score (nSPS) is 18.7. The van der Waals surface area contributed by atoms with E-state index >= 15 is 0 Å². The van der Waals surface area contributed by atoms with E-state index < -0.39 is 7.12 Å². The summed E-state index contributed by atoms with van der Waals surface area (Å²) in [4.78, 5) is 0. The van der Waals surface area contributed by atoms with Crippen molar-refractivity contribution < 1.29 is 47.1 Å². The van der Waals surface area contributed by atoms with Gasteiger partial charge in [-0.2, -0.15) is 7.05 Å². The summed E-state index contributed by atoms with van der Waals surface area (Å²) in [5.41, 5.74) is 1.74. The molecule has 4 nitrogen and oxygen atoms in total. The summed E-state index contributed by atoms with van der Waals surface area (Å²) < 4.78 is 11.3. The number of benzene rings is 1. The predicted molar refractivity (Wildman–Crippen MR) is 72.4 cm³/mol. The van der Waals surface area contributed by atoms with Crippen LogP contribution in [0.1, 0.15) is 31.9 Å². The molecule has 1 radical (unpaired) electrons. The monoisotopic (exact) mass is 337 g/mol. The molecule has 0 aliphatic carbocycles. The summed E-state index contributed by atoms with van der Waals surface area (Å²) in [5, 5.41) is 14.1. The molecule has 0 spiro atoms. The molecule has 0 saturated heterocycles. The average molecular weight is 337 g/mol. The quantitative estimate of drug-likeness (QED) is 0.831. The van der Waals surface area contributed by atoms with Crippen molar-refractivity contribution in [2.45, 2.75) is 32.5 Å². The number of nitrogens with zero attached hydrogens (tertiary/aromatic N) is 1. The van der Waals surface area contributed by atoms with Crippen LogP contribution in [0.4, 0.5) is 0 Å². The molecular weight excluding hydrogens is 318 g/mol. The SMILES string of the molecule is CCC(C)Oc1cccc2c1B(O)OC2C[N-]C.[Y]. The van der Waals surface area contributed by atoms with E-state index in [1.54, 1.807) is 7.05 Å². The molecule has 1 heterocycles. The molecule has 1 aliphatic heterocycles. The summed E-state index contributed by atoms with van der Waals surface area (Å²) >= 11 is 0. The fourth-order valence-corrected chi connectivity index (χ4v) is 2.11. The Kier molecular flexibility index (Phi) is 6.98. The molecule has 0 saturated carbocycles. The van der Waals surface area contributed by atoms with Gasteiger partial charge in [0.15, 0.2) is 0 Å². The van der Waals surface area contributed by atoms with Crippen molar-refractivity contribution in [3.8, 4) is 5.75 Å². The number of ether oxygens (including phenoxy) is 1. The number of fused-ring (bicyclic) bond motifs is 1.